The summed E-state index contributed by atoms with van der Waals surface area (Å²) in [4.78, 5) is 12.1. The lowest BCUT2D eigenvalue weighted by Gasteiger charge is -2.04. The molecule has 2 aromatic carbocycles. The summed E-state index contributed by atoms with van der Waals surface area (Å²) >= 11 is 0. The molecular weight excluding hydrogens is 292 g/mol. The van der Waals surface area contributed by atoms with Gasteiger partial charge in [0.25, 0.3) is 5.91 Å². The van der Waals surface area contributed by atoms with Crippen LogP contribution in [-0.2, 0) is 11.3 Å². The van der Waals surface area contributed by atoms with Crippen LogP contribution in [0.5, 0.6) is 11.5 Å². The molecule has 5 heteroatoms. The second-order valence-electron chi connectivity index (χ2n) is 4.95. The molecule has 0 fully saturated rings. The first-order valence-electron chi connectivity index (χ1n) is 7.10. The Morgan fingerprint density at radius 3 is 2.74 bits per heavy atom. The van der Waals surface area contributed by atoms with Crippen molar-refractivity contribution in [2.75, 3.05) is 6.79 Å². The first-order chi connectivity index (χ1) is 11.3. The van der Waals surface area contributed by atoms with E-state index < -0.39 is 5.91 Å². The van der Waals surface area contributed by atoms with Crippen molar-refractivity contribution in [1.29, 1.82) is 5.26 Å². The smallest absolute Gasteiger partial charge is 0.262 e. The number of nitriles is 1. The standard InChI is InChI=1S/C18H14N2O3/c19-10-15(18(21)20-11-13-4-2-1-3-5-13)8-14-6-7-16-17(9-14)23-12-22-16/h1-9H,11-12H2,(H,20,21)/b15-8-. The Labute approximate surface area is 133 Å². The molecule has 114 valence electrons. The quantitative estimate of drug-likeness (QED) is 0.696. The third kappa shape index (κ3) is 3.50. The molecule has 23 heavy (non-hydrogen) atoms. The van der Waals surface area contributed by atoms with Crippen LogP contribution in [0.1, 0.15) is 11.1 Å². The van der Waals surface area contributed by atoms with Gasteiger partial charge in [0.2, 0.25) is 6.79 Å². The maximum absolute atomic E-state index is 12.1. The van der Waals surface area contributed by atoms with Gasteiger partial charge in [-0.25, -0.2) is 0 Å². The second kappa shape index (κ2) is 6.67. The maximum atomic E-state index is 12.1. The largest absolute Gasteiger partial charge is 0.454 e. The molecule has 5 nitrogen and oxygen atoms in total. The molecule has 1 N–H and O–H groups in total. The van der Waals surface area contributed by atoms with Crippen LogP contribution in [0.2, 0.25) is 0 Å². The van der Waals surface area contributed by atoms with Gasteiger partial charge in [-0.2, -0.15) is 5.26 Å². The van der Waals surface area contributed by atoms with E-state index in [4.69, 9.17) is 9.47 Å². The predicted molar refractivity (Wildman–Crippen MR) is 84.4 cm³/mol. The number of rotatable bonds is 4. The summed E-state index contributed by atoms with van der Waals surface area (Å²) in [5.74, 6) is 0.865. The average molecular weight is 306 g/mol. The van der Waals surface area contributed by atoms with Crippen molar-refractivity contribution in [3.05, 3.63) is 65.2 Å². The summed E-state index contributed by atoms with van der Waals surface area (Å²) in [6.45, 7) is 0.561. The Bertz CT molecular complexity index is 792. The van der Waals surface area contributed by atoms with Crippen molar-refractivity contribution < 1.29 is 14.3 Å². The summed E-state index contributed by atoms with van der Waals surface area (Å²) in [7, 11) is 0. The summed E-state index contributed by atoms with van der Waals surface area (Å²) in [6, 6.07) is 16.7. The van der Waals surface area contributed by atoms with E-state index in [-0.39, 0.29) is 12.4 Å². The summed E-state index contributed by atoms with van der Waals surface area (Å²) in [6.07, 6.45) is 1.53. The van der Waals surface area contributed by atoms with Gasteiger partial charge in [-0.15, -0.1) is 0 Å². The zero-order chi connectivity index (χ0) is 16.1. The van der Waals surface area contributed by atoms with Gasteiger partial charge in [-0.05, 0) is 29.3 Å². The Kier molecular flexibility index (Phi) is 4.25. The number of nitrogens with one attached hydrogen (secondary N) is 1. The van der Waals surface area contributed by atoms with Crippen LogP contribution in [0, 0.1) is 11.3 Å². The van der Waals surface area contributed by atoms with E-state index in [0.717, 1.165) is 5.56 Å². The number of carbonyl (C=O) groups excluding carboxylic acids is 1. The maximum Gasteiger partial charge on any atom is 0.262 e. The van der Waals surface area contributed by atoms with E-state index in [2.05, 4.69) is 5.32 Å². The molecule has 0 aliphatic carbocycles. The highest BCUT2D eigenvalue weighted by Crippen LogP contribution is 2.33. The highest BCUT2D eigenvalue weighted by Gasteiger charge is 2.14. The van der Waals surface area contributed by atoms with Gasteiger partial charge >= 0.3 is 0 Å². The zero-order valence-electron chi connectivity index (χ0n) is 12.3. The van der Waals surface area contributed by atoms with Crippen molar-refractivity contribution in [3.63, 3.8) is 0 Å². The zero-order valence-corrected chi connectivity index (χ0v) is 12.3. The number of benzene rings is 2. The van der Waals surface area contributed by atoms with Gasteiger partial charge in [0.15, 0.2) is 11.5 Å². The minimum Gasteiger partial charge on any atom is -0.454 e. The Morgan fingerprint density at radius 1 is 1.17 bits per heavy atom. The molecule has 0 saturated heterocycles. The molecule has 0 spiro atoms. The molecular formula is C18H14N2O3. The fourth-order valence-electron chi connectivity index (χ4n) is 2.19. The third-order valence-electron chi connectivity index (χ3n) is 3.37. The van der Waals surface area contributed by atoms with Gasteiger partial charge in [0.05, 0.1) is 0 Å². The van der Waals surface area contributed by atoms with Crippen molar-refractivity contribution in [3.8, 4) is 17.6 Å². The minimum atomic E-state index is -0.408. The van der Waals surface area contributed by atoms with Crippen LogP contribution < -0.4 is 14.8 Å². The summed E-state index contributed by atoms with van der Waals surface area (Å²) in [5.41, 5.74) is 1.72. The van der Waals surface area contributed by atoms with Crippen LogP contribution >= 0.6 is 0 Å². The molecule has 0 bridgehead atoms. The van der Waals surface area contributed by atoms with E-state index in [1.54, 1.807) is 18.2 Å². The molecule has 1 aliphatic heterocycles. The molecule has 0 radical (unpaired) electrons. The highest BCUT2D eigenvalue weighted by molar-refractivity contribution is 6.01. The number of ether oxygens (including phenoxy) is 2. The summed E-state index contributed by atoms with van der Waals surface area (Å²) in [5, 5.41) is 12.0. The van der Waals surface area contributed by atoms with Crippen LogP contribution in [-0.4, -0.2) is 12.7 Å². The van der Waals surface area contributed by atoms with Crippen molar-refractivity contribution in [2.45, 2.75) is 6.54 Å². The number of carbonyl (C=O) groups is 1. The van der Waals surface area contributed by atoms with E-state index in [0.29, 0.717) is 23.6 Å². The molecule has 1 aliphatic rings. The molecule has 1 amide bonds. The summed E-state index contributed by atoms with van der Waals surface area (Å²) < 4.78 is 10.5. The van der Waals surface area contributed by atoms with Crippen LogP contribution in [0.15, 0.2) is 54.1 Å². The van der Waals surface area contributed by atoms with Crippen molar-refractivity contribution in [1.82, 2.24) is 5.32 Å². The molecule has 3 rings (SSSR count). The average Bonchev–Trinajstić information content (AvgIpc) is 3.06. The Balaban J connectivity index is 1.71. The lowest BCUT2D eigenvalue weighted by molar-refractivity contribution is -0.117. The van der Waals surface area contributed by atoms with Crippen molar-refractivity contribution >= 4 is 12.0 Å². The predicted octanol–water partition coefficient (Wildman–Crippen LogP) is 2.64. The van der Waals surface area contributed by atoms with E-state index >= 15 is 0 Å². The number of hydrogen-bond donors (Lipinski definition) is 1. The molecule has 2 aromatic rings. The Morgan fingerprint density at radius 2 is 1.96 bits per heavy atom. The van der Waals surface area contributed by atoms with Gasteiger partial charge < -0.3 is 14.8 Å². The second-order valence-corrected chi connectivity index (χ2v) is 4.95. The fourth-order valence-corrected chi connectivity index (χ4v) is 2.19. The number of amides is 1. The van der Waals surface area contributed by atoms with Crippen LogP contribution in [0.4, 0.5) is 0 Å². The lowest BCUT2D eigenvalue weighted by atomic mass is 10.1. The highest BCUT2D eigenvalue weighted by atomic mass is 16.7. The lowest BCUT2D eigenvalue weighted by Crippen LogP contribution is -2.23. The number of fused-ring (bicyclic) bond motifs is 1. The fraction of sp³-hybridized carbons (Fsp3) is 0.111. The third-order valence-corrected chi connectivity index (χ3v) is 3.37. The molecule has 0 unspecified atom stereocenters. The number of nitrogens with zero attached hydrogens (tertiary/aromatic N) is 1. The van der Waals surface area contributed by atoms with Gasteiger partial charge in [-0.1, -0.05) is 36.4 Å². The normalized spacial score (nSPS) is 12.6. The SMILES string of the molecule is N#C/C(=C/c1ccc2c(c1)OCO2)C(=O)NCc1ccccc1. The van der Waals surface area contributed by atoms with Gasteiger partial charge in [0, 0.05) is 6.54 Å². The molecule has 0 saturated carbocycles. The Hall–Kier alpha value is -3.26. The van der Waals surface area contributed by atoms with Gasteiger partial charge in [-0.3, -0.25) is 4.79 Å². The number of hydrogen-bond acceptors (Lipinski definition) is 4. The van der Waals surface area contributed by atoms with E-state index in [1.165, 1.54) is 6.08 Å². The van der Waals surface area contributed by atoms with Gasteiger partial charge in [0.1, 0.15) is 11.6 Å². The van der Waals surface area contributed by atoms with Crippen LogP contribution in [0.3, 0.4) is 0 Å². The molecule has 0 aromatic heterocycles. The van der Waals surface area contributed by atoms with E-state index in [9.17, 15) is 10.1 Å². The molecule has 1 heterocycles. The van der Waals surface area contributed by atoms with E-state index in [1.807, 2.05) is 36.4 Å². The molecule has 0 atom stereocenters. The minimum absolute atomic E-state index is 0.0415. The topological polar surface area (TPSA) is 71.3 Å². The first-order valence-corrected chi connectivity index (χ1v) is 7.10. The van der Waals surface area contributed by atoms with Crippen molar-refractivity contribution in [2.24, 2.45) is 0 Å². The monoisotopic (exact) mass is 306 g/mol. The first kappa shape index (κ1) is 14.7. The van der Waals surface area contributed by atoms with Crippen LogP contribution in [0.25, 0.3) is 6.08 Å².